The second-order valence-corrected chi connectivity index (χ2v) is 6.34. The molecular weight excluding hydrogens is 368 g/mol. The molecule has 0 spiro atoms. The highest BCUT2D eigenvalue weighted by Gasteiger charge is 2.18. The van der Waals surface area contributed by atoms with E-state index < -0.39 is 0 Å². The van der Waals surface area contributed by atoms with Crippen molar-refractivity contribution in [3.8, 4) is 11.4 Å². The first-order valence-corrected chi connectivity index (χ1v) is 8.61. The average Bonchev–Trinajstić information content (AvgIpc) is 3.32. The molecule has 3 heterocycles. The summed E-state index contributed by atoms with van der Waals surface area (Å²) in [5, 5.41) is 22.1. The molecule has 1 saturated heterocycles. The number of tetrazole rings is 1. The summed E-state index contributed by atoms with van der Waals surface area (Å²) in [6, 6.07) is 9.47. The molecule has 1 unspecified atom stereocenters. The van der Waals surface area contributed by atoms with E-state index in [4.69, 9.17) is 0 Å². The number of amides is 1. The maximum atomic E-state index is 12.5. The Labute approximate surface area is 162 Å². The Kier molecular flexibility index (Phi) is 5.82. The van der Waals surface area contributed by atoms with Crippen LogP contribution in [0.2, 0.25) is 0 Å². The van der Waals surface area contributed by atoms with Crippen molar-refractivity contribution in [2.45, 2.75) is 18.9 Å². The molecule has 27 heavy (non-hydrogen) atoms. The van der Waals surface area contributed by atoms with Gasteiger partial charge in [0.1, 0.15) is 0 Å². The molecule has 1 aliphatic heterocycles. The summed E-state index contributed by atoms with van der Waals surface area (Å²) in [4.78, 5) is 12.5. The van der Waals surface area contributed by atoms with Crippen molar-refractivity contribution < 1.29 is 4.79 Å². The first kappa shape index (κ1) is 19.0. The van der Waals surface area contributed by atoms with E-state index in [1.54, 1.807) is 17.8 Å². The van der Waals surface area contributed by atoms with Crippen molar-refractivity contribution in [3.63, 3.8) is 0 Å². The molecule has 1 amide bonds. The monoisotopic (exact) mass is 388 g/mol. The van der Waals surface area contributed by atoms with Crippen molar-refractivity contribution in [1.82, 2.24) is 35.3 Å². The van der Waals surface area contributed by atoms with E-state index in [1.165, 1.54) is 0 Å². The van der Waals surface area contributed by atoms with E-state index in [0.29, 0.717) is 23.2 Å². The van der Waals surface area contributed by atoms with E-state index in [2.05, 4.69) is 31.3 Å². The van der Waals surface area contributed by atoms with Crippen molar-refractivity contribution >= 4 is 24.0 Å². The minimum Gasteiger partial charge on any atom is -0.321 e. The number of hydrogen-bond acceptors (Lipinski definition) is 6. The van der Waals surface area contributed by atoms with E-state index >= 15 is 0 Å². The maximum absolute atomic E-state index is 12.5. The summed E-state index contributed by atoms with van der Waals surface area (Å²) in [6.45, 7) is 1.93. The molecule has 1 aliphatic rings. The molecule has 9 nitrogen and oxygen atoms in total. The quantitative estimate of drug-likeness (QED) is 0.704. The number of benzene rings is 1. The summed E-state index contributed by atoms with van der Waals surface area (Å²) in [5.41, 5.74) is 1.90. The number of nitrogens with zero attached hydrogens (tertiary/aromatic N) is 6. The van der Waals surface area contributed by atoms with Gasteiger partial charge < -0.3 is 10.6 Å². The van der Waals surface area contributed by atoms with Crippen LogP contribution in [-0.4, -0.2) is 49.0 Å². The van der Waals surface area contributed by atoms with Crippen LogP contribution < -0.4 is 10.6 Å². The Balaban J connectivity index is 0.00000210. The lowest BCUT2D eigenvalue weighted by Crippen LogP contribution is -2.32. The number of aryl methyl sites for hydroxylation is 1. The highest BCUT2D eigenvalue weighted by Crippen LogP contribution is 2.20. The Morgan fingerprint density at radius 2 is 2.22 bits per heavy atom. The van der Waals surface area contributed by atoms with Gasteiger partial charge in [0.15, 0.2) is 11.5 Å². The number of nitrogens with one attached hydrogen (secondary N) is 2. The van der Waals surface area contributed by atoms with Crippen LogP contribution in [0.5, 0.6) is 0 Å². The van der Waals surface area contributed by atoms with E-state index in [0.717, 1.165) is 31.5 Å². The second-order valence-electron chi connectivity index (χ2n) is 6.34. The topological polar surface area (TPSA) is 103 Å². The number of hydrogen-bond donors (Lipinski definition) is 2. The first-order chi connectivity index (χ1) is 12.7. The van der Waals surface area contributed by atoms with Crippen LogP contribution >= 0.6 is 12.4 Å². The van der Waals surface area contributed by atoms with Gasteiger partial charge in [-0.15, -0.1) is 17.5 Å². The van der Waals surface area contributed by atoms with Crippen molar-refractivity contribution in [3.05, 3.63) is 42.2 Å². The molecule has 2 N–H and O–H groups in total. The fourth-order valence-corrected chi connectivity index (χ4v) is 3.13. The standard InChI is InChI=1S/C17H20N8O.ClH/c1-24-16(20-22-23-24)12-4-2-5-13(10-12)19-17(26)15-7-9-25(21-15)14-6-3-8-18-11-14;/h2,4-5,7,9-10,14,18H,3,6,8,11H2,1H3,(H,19,26);1H. The third-order valence-corrected chi connectivity index (χ3v) is 4.48. The SMILES string of the molecule is Cl.Cn1nnnc1-c1cccc(NC(=O)c2ccn(C3CCCNC3)n2)c1. The minimum absolute atomic E-state index is 0. The Morgan fingerprint density at radius 3 is 2.96 bits per heavy atom. The van der Waals surface area contributed by atoms with E-state index in [9.17, 15) is 4.79 Å². The average molecular weight is 389 g/mol. The Morgan fingerprint density at radius 1 is 1.33 bits per heavy atom. The number of carbonyl (C=O) groups is 1. The van der Waals surface area contributed by atoms with Crippen LogP contribution in [0.1, 0.15) is 29.4 Å². The van der Waals surface area contributed by atoms with Crippen LogP contribution in [0, 0.1) is 0 Å². The largest absolute Gasteiger partial charge is 0.321 e. The summed E-state index contributed by atoms with van der Waals surface area (Å²) < 4.78 is 3.46. The number of piperidine rings is 1. The van der Waals surface area contributed by atoms with Gasteiger partial charge in [0, 0.05) is 31.0 Å². The number of aromatic nitrogens is 6. The molecule has 0 saturated carbocycles. The highest BCUT2D eigenvalue weighted by atomic mass is 35.5. The van der Waals surface area contributed by atoms with Crippen LogP contribution in [0.4, 0.5) is 5.69 Å². The highest BCUT2D eigenvalue weighted by molar-refractivity contribution is 6.03. The van der Waals surface area contributed by atoms with Gasteiger partial charge in [-0.2, -0.15) is 5.10 Å². The minimum atomic E-state index is -0.235. The zero-order valence-corrected chi connectivity index (χ0v) is 15.7. The Hall–Kier alpha value is -2.78. The zero-order chi connectivity index (χ0) is 17.9. The third-order valence-electron chi connectivity index (χ3n) is 4.48. The number of rotatable bonds is 4. The number of anilines is 1. The van der Waals surface area contributed by atoms with Gasteiger partial charge in [-0.3, -0.25) is 9.48 Å². The molecule has 1 atom stereocenters. The van der Waals surface area contributed by atoms with Crippen LogP contribution in [-0.2, 0) is 7.05 Å². The van der Waals surface area contributed by atoms with Gasteiger partial charge >= 0.3 is 0 Å². The number of carbonyl (C=O) groups excluding carboxylic acids is 1. The molecule has 10 heteroatoms. The lowest BCUT2D eigenvalue weighted by atomic mass is 10.1. The lowest BCUT2D eigenvalue weighted by molar-refractivity contribution is 0.102. The number of halogens is 1. The lowest BCUT2D eigenvalue weighted by Gasteiger charge is -2.22. The first-order valence-electron chi connectivity index (χ1n) is 8.61. The third kappa shape index (κ3) is 4.15. The molecule has 3 aromatic rings. The molecule has 0 bridgehead atoms. The summed E-state index contributed by atoms with van der Waals surface area (Å²) in [7, 11) is 1.77. The van der Waals surface area contributed by atoms with Crippen molar-refractivity contribution in [2.24, 2.45) is 7.05 Å². The van der Waals surface area contributed by atoms with Crippen LogP contribution in [0.15, 0.2) is 36.5 Å². The van der Waals surface area contributed by atoms with Crippen LogP contribution in [0.3, 0.4) is 0 Å². The van der Waals surface area contributed by atoms with E-state index in [-0.39, 0.29) is 18.3 Å². The van der Waals surface area contributed by atoms with Crippen molar-refractivity contribution in [1.29, 1.82) is 0 Å². The summed E-state index contributed by atoms with van der Waals surface area (Å²) in [5.74, 6) is 0.399. The van der Waals surface area contributed by atoms with Gasteiger partial charge in [-0.05, 0) is 48.0 Å². The molecule has 0 radical (unpaired) electrons. The fraction of sp³-hybridized carbons (Fsp3) is 0.353. The maximum Gasteiger partial charge on any atom is 0.276 e. The predicted octanol–water partition coefficient (Wildman–Crippen LogP) is 1.67. The zero-order valence-electron chi connectivity index (χ0n) is 14.9. The normalized spacial score (nSPS) is 16.6. The molecule has 1 aromatic carbocycles. The molecule has 0 aliphatic carbocycles. The fourth-order valence-electron chi connectivity index (χ4n) is 3.13. The Bertz CT molecular complexity index is 915. The molecule has 1 fully saturated rings. The van der Waals surface area contributed by atoms with Crippen molar-refractivity contribution in [2.75, 3.05) is 18.4 Å². The van der Waals surface area contributed by atoms with Gasteiger partial charge in [0.05, 0.1) is 6.04 Å². The molecular formula is C17H21ClN8O. The van der Waals surface area contributed by atoms with Crippen LogP contribution in [0.25, 0.3) is 11.4 Å². The summed E-state index contributed by atoms with van der Waals surface area (Å²) >= 11 is 0. The molecule has 142 valence electrons. The second kappa shape index (κ2) is 8.28. The van der Waals surface area contributed by atoms with Gasteiger partial charge in [-0.25, -0.2) is 4.68 Å². The smallest absolute Gasteiger partial charge is 0.276 e. The van der Waals surface area contributed by atoms with Gasteiger partial charge in [0.2, 0.25) is 0 Å². The summed E-state index contributed by atoms with van der Waals surface area (Å²) in [6.07, 6.45) is 4.06. The van der Waals surface area contributed by atoms with Gasteiger partial charge in [0.25, 0.3) is 5.91 Å². The predicted molar refractivity (Wildman–Crippen MR) is 103 cm³/mol. The molecule has 2 aromatic heterocycles. The van der Waals surface area contributed by atoms with E-state index in [1.807, 2.05) is 35.1 Å². The van der Waals surface area contributed by atoms with Gasteiger partial charge in [-0.1, -0.05) is 12.1 Å². The molecule has 4 rings (SSSR count).